The third-order valence-corrected chi connectivity index (χ3v) is 1.92. The van der Waals surface area contributed by atoms with Crippen LogP contribution in [0.2, 0.25) is 0 Å². The Morgan fingerprint density at radius 3 is 1.88 bits per heavy atom. The minimum absolute atomic E-state index is 0.0278. The molecule has 1 heterocycles. The Bertz CT molecular complexity index is 183. The van der Waals surface area contributed by atoms with Gasteiger partial charge >= 0.3 is 0 Å². The van der Waals surface area contributed by atoms with E-state index < -0.39 is 0 Å². The van der Waals surface area contributed by atoms with E-state index in [2.05, 4.69) is 4.74 Å². The van der Waals surface area contributed by atoms with Crippen LogP contribution in [-0.2, 0) is 9.53 Å². The van der Waals surface area contributed by atoms with Crippen molar-refractivity contribution in [2.45, 2.75) is 52.4 Å². The lowest BCUT2D eigenvalue weighted by Gasteiger charge is -2.14. The molecule has 0 amide bonds. The number of likely N-dealkylation sites (N-methyl/N-ethyl adjacent to an activating group) is 1. The van der Waals surface area contributed by atoms with E-state index in [4.69, 9.17) is 10.8 Å². The summed E-state index contributed by atoms with van der Waals surface area (Å²) in [6.45, 7) is 11.5. The Kier molecular flexibility index (Phi) is 10.3. The molecule has 0 aromatic heterocycles. The molecule has 1 aliphatic rings. The highest BCUT2D eigenvalue weighted by Gasteiger charge is 2.24. The lowest BCUT2D eigenvalue weighted by atomic mass is 10.2. The molecule has 0 aromatic carbocycles. The van der Waals surface area contributed by atoms with E-state index in [1.807, 2.05) is 46.6 Å². The molecule has 1 saturated heterocycles. The zero-order chi connectivity index (χ0) is 14.1. The Hall–Kier alpha value is -0.650. The highest BCUT2D eigenvalue weighted by molar-refractivity contribution is 5.37. The van der Waals surface area contributed by atoms with Crippen LogP contribution in [0.1, 0.15) is 34.6 Å². The van der Waals surface area contributed by atoms with Gasteiger partial charge in [0.05, 0.1) is 6.10 Å². The van der Waals surface area contributed by atoms with Crippen LogP contribution in [0, 0.1) is 0 Å². The second-order valence-corrected chi connectivity index (χ2v) is 4.78. The quantitative estimate of drug-likeness (QED) is 0.665. The fourth-order valence-corrected chi connectivity index (χ4v) is 1.16. The normalized spacial score (nSPS) is 24.0. The summed E-state index contributed by atoms with van der Waals surface area (Å²) < 4.78 is 4.55. The van der Waals surface area contributed by atoms with Crippen molar-refractivity contribution in [3.8, 4) is 0 Å². The third-order valence-electron chi connectivity index (χ3n) is 1.92. The van der Waals surface area contributed by atoms with Gasteiger partial charge in [-0.3, -0.25) is 4.79 Å². The van der Waals surface area contributed by atoms with Gasteiger partial charge < -0.3 is 20.5 Å². The predicted octanol–water partition coefficient (Wildman–Crippen LogP) is 0.604. The molecule has 0 aromatic rings. The summed E-state index contributed by atoms with van der Waals surface area (Å²) in [5, 5.41) is 9.00. The Labute approximate surface area is 105 Å². The van der Waals surface area contributed by atoms with Crippen LogP contribution in [0.25, 0.3) is 0 Å². The molecule has 5 nitrogen and oxygen atoms in total. The number of β-amino-alcohol motifs (C(OH)–C–C–N with tert-alkyl or cyclic N) is 1. The van der Waals surface area contributed by atoms with Gasteiger partial charge in [0, 0.05) is 19.1 Å². The van der Waals surface area contributed by atoms with Gasteiger partial charge in [-0.1, -0.05) is 13.8 Å². The molecule has 104 valence electrons. The average molecular weight is 248 g/mol. The van der Waals surface area contributed by atoms with Gasteiger partial charge in [0.15, 0.2) is 0 Å². The Balaban J connectivity index is 0. The van der Waals surface area contributed by atoms with E-state index in [1.165, 1.54) is 0 Å². The monoisotopic (exact) mass is 248 g/mol. The summed E-state index contributed by atoms with van der Waals surface area (Å²) in [6, 6.07) is -0.0278. The van der Waals surface area contributed by atoms with Gasteiger partial charge in [-0.2, -0.15) is 0 Å². The smallest absolute Gasteiger partial charge is 0.293 e. The summed E-state index contributed by atoms with van der Waals surface area (Å²) in [6.07, 6.45) is -0.306. The number of ether oxygens (including phenoxy) is 1. The maximum absolute atomic E-state index is 9.60. The van der Waals surface area contributed by atoms with Crippen molar-refractivity contribution in [2.75, 3.05) is 20.1 Å². The van der Waals surface area contributed by atoms with Crippen molar-refractivity contribution in [1.29, 1.82) is 0 Å². The van der Waals surface area contributed by atoms with Crippen LogP contribution in [0.5, 0.6) is 0 Å². The number of hydrogen-bond donors (Lipinski definition) is 2. The second kappa shape index (κ2) is 9.39. The minimum Gasteiger partial charge on any atom is -0.462 e. The van der Waals surface area contributed by atoms with Crippen molar-refractivity contribution in [3.05, 3.63) is 0 Å². The topological polar surface area (TPSA) is 75.8 Å². The maximum Gasteiger partial charge on any atom is 0.293 e. The van der Waals surface area contributed by atoms with Gasteiger partial charge in [0.2, 0.25) is 0 Å². The number of nitrogens with two attached hydrogens (primary N) is 1. The highest BCUT2D eigenvalue weighted by atomic mass is 16.5. The molecule has 17 heavy (non-hydrogen) atoms. The van der Waals surface area contributed by atoms with Crippen LogP contribution in [0.4, 0.5) is 0 Å². The molecule has 2 unspecified atom stereocenters. The first-order valence-corrected chi connectivity index (χ1v) is 6.00. The molecule has 1 rings (SSSR count). The number of likely N-dealkylation sites (tertiary alicyclic amines) is 1. The molecule has 3 N–H and O–H groups in total. The fourth-order valence-electron chi connectivity index (χ4n) is 1.16. The molecular formula is C12H28N2O3. The Morgan fingerprint density at radius 2 is 1.82 bits per heavy atom. The zero-order valence-corrected chi connectivity index (χ0v) is 11.9. The summed E-state index contributed by atoms with van der Waals surface area (Å²) in [4.78, 5) is 11.6. The molecule has 0 spiro atoms. The van der Waals surface area contributed by atoms with Crippen molar-refractivity contribution in [1.82, 2.24) is 4.90 Å². The van der Waals surface area contributed by atoms with Gasteiger partial charge in [-0.05, 0) is 27.8 Å². The van der Waals surface area contributed by atoms with Crippen molar-refractivity contribution < 1.29 is 14.6 Å². The van der Waals surface area contributed by atoms with E-state index >= 15 is 0 Å². The van der Waals surface area contributed by atoms with Gasteiger partial charge in [-0.25, -0.2) is 0 Å². The number of rotatable bonds is 1. The minimum atomic E-state index is -0.318. The standard InChI is InChI=1S/C5H12N2O.C5H10O2.C2H6/c1-7-2-4(6)5(8)3-7;1-5(2,3)7-4-6;1-2/h4-5,8H,2-3,6H2,1H3;4H,1-3H3;1-2H3. The maximum atomic E-state index is 9.60. The molecule has 0 bridgehead atoms. The first kappa shape index (κ1) is 18.7. The van der Waals surface area contributed by atoms with Crippen LogP contribution in [0.15, 0.2) is 0 Å². The number of aliphatic hydroxyl groups excluding tert-OH is 1. The molecule has 1 aliphatic heterocycles. The first-order valence-electron chi connectivity index (χ1n) is 6.00. The second-order valence-electron chi connectivity index (χ2n) is 4.78. The predicted molar refractivity (Wildman–Crippen MR) is 69.7 cm³/mol. The van der Waals surface area contributed by atoms with Crippen LogP contribution in [-0.4, -0.2) is 54.4 Å². The largest absolute Gasteiger partial charge is 0.462 e. The van der Waals surface area contributed by atoms with E-state index in [9.17, 15) is 4.79 Å². The summed E-state index contributed by atoms with van der Waals surface area (Å²) >= 11 is 0. The molecular weight excluding hydrogens is 220 g/mol. The zero-order valence-electron chi connectivity index (χ0n) is 11.9. The van der Waals surface area contributed by atoms with E-state index in [0.29, 0.717) is 6.47 Å². The lowest BCUT2D eigenvalue weighted by Crippen LogP contribution is -2.32. The van der Waals surface area contributed by atoms with Crippen LogP contribution in [0.3, 0.4) is 0 Å². The van der Waals surface area contributed by atoms with Crippen molar-refractivity contribution in [2.24, 2.45) is 5.73 Å². The van der Waals surface area contributed by atoms with E-state index in [1.54, 1.807) is 0 Å². The van der Waals surface area contributed by atoms with Crippen LogP contribution >= 0.6 is 0 Å². The highest BCUT2D eigenvalue weighted by Crippen LogP contribution is 2.03. The van der Waals surface area contributed by atoms with Gasteiger partial charge in [0.1, 0.15) is 5.60 Å². The van der Waals surface area contributed by atoms with Gasteiger partial charge in [0.25, 0.3) is 6.47 Å². The average Bonchev–Trinajstić information content (AvgIpc) is 2.46. The summed E-state index contributed by atoms with van der Waals surface area (Å²) in [7, 11) is 1.95. The number of nitrogens with zero attached hydrogens (tertiary/aromatic N) is 1. The van der Waals surface area contributed by atoms with Crippen LogP contribution < -0.4 is 5.73 Å². The lowest BCUT2D eigenvalue weighted by molar-refractivity contribution is -0.138. The molecule has 0 saturated carbocycles. The molecule has 5 heteroatoms. The van der Waals surface area contributed by atoms with Gasteiger partial charge in [-0.15, -0.1) is 0 Å². The number of hydrogen-bond acceptors (Lipinski definition) is 5. The number of carbonyl (C=O) groups excluding carboxylic acids is 1. The van der Waals surface area contributed by atoms with Crippen molar-refractivity contribution >= 4 is 6.47 Å². The molecule has 2 atom stereocenters. The molecule has 0 aliphatic carbocycles. The number of aliphatic hydroxyl groups is 1. The molecule has 0 radical (unpaired) electrons. The van der Waals surface area contributed by atoms with Crippen molar-refractivity contribution in [3.63, 3.8) is 0 Å². The van der Waals surface area contributed by atoms with E-state index in [-0.39, 0.29) is 17.7 Å². The molecule has 1 fully saturated rings. The fraction of sp³-hybridized carbons (Fsp3) is 0.917. The summed E-state index contributed by atoms with van der Waals surface area (Å²) in [5.41, 5.74) is 5.16. The summed E-state index contributed by atoms with van der Waals surface area (Å²) in [5.74, 6) is 0. The SMILES string of the molecule is CC.CC(C)(C)OC=O.CN1CC(N)C(O)C1. The van der Waals surface area contributed by atoms with E-state index in [0.717, 1.165) is 13.1 Å². The number of carbonyl (C=O) groups is 1. The first-order chi connectivity index (χ1) is 7.76. The Morgan fingerprint density at radius 1 is 1.35 bits per heavy atom. The third kappa shape index (κ3) is 11.6.